The molecule has 0 unspecified atom stereocenters. The number of aryl methyl sites for hydroxylation is 1. The molecule has 5 nitrogen and oxygen atoms in total. The fourth-order valence-corrected chi connectivity index (χ4v) is 2.14. The van der Waals surface area contributed by atoms with Gasteiger partial charge in [-0.05, 0) is 26.1 Å². The van der Waals surface area contributed by atoms with Crippen molar-refractivity contribution >= 4 is 5.82 Å². The lowest BCUT2D eigenvalue weighted by molar-refractivity contribution is 0.184. The summed E-state index contributed by atoms with van der Waals surface area (Å²) in [5.41, 5.74) is 2.35. The maximum absolute atomic E-state index is 9.32. The minimum absolute atomic E-state index is 0.428. The van der Waals surface area contributed by atoms with E-state index in [4.69, 9.17) is 4.74 Å². The second-order valence-corrected chi connectivity index (χ2v) is 4.64. The van der Waals surface area contributed by atoms with Gasteiger partial charge in [-0.1, -0.05) is 13.8 Å². The Kier molecular flexibility index (Phi) is 6.99. The van der Waals surface area contributed by atoms with Gasteiger partial charge in [0.1, 0.15) is 11.9 Å². The number of pyridine rings is 1. The summed E-state index contributed by atoms with van der Waals surface area (Å²) in [6.07, 6.45) is 0. The molecule has 5 heteroatoms. The standard InChI is InChI=1S/C15H24N4O/c1-5-19(6-2)8-7-17-15-14(10-16)13(11-20-4)9-12(3)18-15/h9H,5-8,11H2,1-4H3,(H,17,18). The molecule has 0 amide bonds. The summed E-state index contributed by atoms with van der Waals surface area (Å²) < 4.78 is 5.14. The summed E-state index contributed by atoms with van der Waals surface area (Å²) in [5, 5.41) is 12.6. The van der Waals surface area contributed by atoms with Crippen LogP contribution in [0.25, 0.3) is 0 Å². The molecule has 1 aromatic rings. The molecule has 0 aromatic carbocycles. The van der Waals surface area contributed by atoms with Gasteiger partial charge in [0.25, 0.3) is 0 Å². The van der Waals surface area contributed by atoms with Gasteiger partial charge < -0.3 is 15.0 Å². The molecule has 110 valence electrons. The third kappa shape index (κ3) is 4.48. The summed E-state index contributed by atoms with van der Waals surface area (Å²) in [6.45, 7) is 10.4. The Labute approximate surface area is 121 Å². The van der Waals surface area contributed by atoms with Gasteiger partial charge in [-0.15, -0.1) is 0 Å². The molecule has 0 aliphatic carbocycles. The number of nitrogens with zero attached hydrogens (tertiary/aromatic N) is 3. The largest absolute Gasteiger partial charge is 0.380 e. The number of ether oxygens (including phenoxy) is 1. The Bertz CT molecular complexity index is 464. The molecule has 1 heterocycles. The first-order valence-corrected chi connectivity index (χ1v) is 7.02. The van der Waals surface area contributed by atoms with E-state index in [1.54, 1.807) is 7.11 Å². The number of hydrogen-bond acceptors (Lipinski definition) is 5. The smallest absolute Gasteiger partial charge is 0.144 e. The predicted molar refractivity (Wildman–Crippen MR) is 80.7 cm³/mol. The monoisotopic (exact) mass is 276 g/mol. The lowest BCUT2D eigenvalue weighted by Crippen LogP contribution is -2.29. The van der Waals surface area contributed by atoms with Crippen molar-refractivity contribution in [2.45, 2.75) is 27.4 Å². The number of rotatable bonds is 8. The highest BCUT2D eigenvalue weighted by atomic mass is 16.5. The van der Waals surface area contributed by atoms with E-state index in [9.17, 15) is 5.26 Å². The molecule has 1 aromatic heterocycles. The van der Waals surface area contributed by atoms with E-state index in [0.29, 0.717) is 18.0 Å². The maximum atomic E-state index is 9.32. The Morgan fingerprint density at radius 1 is 1.40 bits per heavy atom. The molecule has 0 saturated heterocycles. The highest BCUT2D eigenvalue weighted by Crippen LogP contribution is 2.19. The Morgan fingerprint density at radius 3 is 2.65 bits per heavy atom. The van der Waals surface area contributed by atoms with E-state index >= 15 is 0 Å². The van der Waals surface area contributed by atoms with Crippen LogP contribution in [0.5, 0.6) is 0 Å². The summed E-state index contributed by atoms with van der Waals surface area (Å²) in [6, 6.07) is 4.12. The molecule has 0 aliphatic rings. The Morgan fingerprint density at radius 2 is 2.10 bits per heavy atom. The van der Waals surface area contributed by atoms with Gasteiger partial charge in [0.05, 0.1) is 12.2 Å². The molecular formula is C15H24N4O. The molecule has 0 radical (unpaired) electrons. The highest BCUT2D eigenvalue weighted by Gasteiger charge is 2.11. The lowest BCUT2D eigenvalue weighted by Gasteiger charge is -2.19. The normalized spacial score (nSPS) is 10.6. The van der Waals surface area contributed by atoms with E-state index in [-0.39, 0.29) is 0 Å². The third-order valence-corrected chi connectivity index (χ3v) is 3.26. The molecule has 20 heavy (non-hydrogen) atoms. The van der Waals surface area contributed by atoms with Crippen molar-refractivity contribution in [3.63, 3.8) is 0 Å². The molecule has 0 spiro atoms. The molecule has 0 fully saturated rings. The predicted octanol–water partition coefficient (Wildman–Crippen LogP) is 2.16. The SMILES string of the molecule is CCN(CC)CCNc1nc(C)cc(COC)c1C#N. The van der Waals surface area contributed by atoms with Gasteiger partial charge in [0.15, 0.2) is 0 Å². The van der Waals surface area contributed by atoms with Gasteiger partial charge in [0.2, 0.25) is 0 Å². The lowest BCUT2D eigenvalue weighted by atomic mass is 10.1. The summed E-state index contributed by atoms with van der Waals surface area (Å²) in [5.74, 6) is 0.659. The van der Waals surface area contributed by atoms with Gasteiger partial charge in [0, 0.05) is 31.5 Å². The first kappa shape index (κ1) is 16.4. The topological polar surface area (TPSA) is 61.2 Å². The molecule has 1 rings (SSSR count). The minimum atomic E-state index is 0.428. The zero-order chi connectivity index (χ0) is 15.0. The van der Waals surface area contributed by atoms with Gasteiger partial charge in [-0.3, -0.25) is 0 Å². The summed E-state index contributed by atoms with van der Waals surface area (Å²) >= 11 is 0. The van der Waals surface area contributed by atoms with Crippen LogP contribution in [0.15, 0.2) is 6.07 Å². The molecule has 1 N–H and O–H groups in total. The fraction of sp³-hybridized carbons (Fsp3) is 0.600. The number of anilines is 1. The number of nitriles is 1. The number of likely N-dealkylation sites (N-methyl/N-ethyl adjacent to an activating group) is 1. The number of hydrogen-bond donors (Lipinski definition) is 1. The number of aromatic nitrogens is 1. The second-order valence-electron chi connectivity index (χ2n) is 4.64. The van der Waals surface area contributed by atoms with E-state index < -0.39 is 0 Å². The van der Waals surface area contributed by atoms with Crippen LogP contribution in [-0.4, -0.2) is 43.2 Å². The first-order valence-electron chi connectivity index (χ1n) is 7.02. The van der Waals surface area contributed by atoms with Gasteiger partial charge in [-0.25, -0.2) is 4.98 Å². The summed E-state index contributed by atoms with van der Waals surface area (Å²) in [4.78, 5) is 6.75. The Hall–Kier alpha value is -1.64. The van der Waals surface area contributed by atoms with Crippen LogP contribution >= 0.6 is 0 Å². The Balaban J connectivity index is 2.81. The van der Waals surface area contributed by atoms with Crippen LogP contribution in [-0.2, 0) is 11.3 Å². The quantitative estimate of drug-likeness (QED) is 0.788. The average molecular weight is 276 g/mol. The van der Waals surface area contributed by atoms with Crippen LogP contribution < -0.4 is 5.32 Å². The average Bonchev–Trinajstić information content (AvgIpc) is 2.44. The summed E-state index contributed by atoms with van der Waals surface area (Å²) in [7, 11) is 1.63. The second kappa shape index (κ2) is 8.51. The van der Waals surface area contributed by atoms with Crippen molar-refractivity contribution in [1.82, 2.24) is 9.88 Å². The van der Waals surface area contributed by atoms with Crippen molar-refractivity contribution in [2.24, 2.45) is 0 Å². The van der Waals surface area contributed by atoms with E-state index in [1.807, 2.05) is 13.0 Å². The first-order chi connectivity index (χ1) is 9.65. The minimum Gasteiger partial charge on any atom is -0.380 e. The zero-order valence-electron chi connectivity index (χ0n) is 12.9. The van der Waals surface area contributed by atoms with Crippen LogP contribution in [0, 0.1) is 18.3 Å². The van der Waals surface area contributed by atoms with Crippen LogP contribution in [0.4, 0.5) is 5.82 Å². The molecule has 0 aliphatic heterocycles. The third-order valence-electron chi connectivity index (χ3n) is 3.26. The van der Waals surface area contributed by atoms with E-state index in [0.717, 1.165) is 37.4 Å². The van der Waals surface area contributed by atoms with Crippen molar-refractivity contribution in [3.05, 3.63) is 22.9 Å². The van der Waals surface area contributed by atoms with Gasteiger partial charge in [-0.2, -0.15) is 5.26 Å². The van der Waals surface area contributed by atoms with Crippen molar-refractivity contribution < 1.29 is 4.74 Å². The van der Waals surface area contributed by atoms with Crippen molar-refractivity contribution in [3.8, 4) is 6.07 Å². The number of nitrogens with one attached hydrogen (secondary N) is 1. The molecule has 0 bridgehead atoms. The van der Waals surface area contributed by atoms with Crippen molar-refractivity contribution in [2.75, 3.05) is 38.6 Å². The molecule has 0 saturated carbocycles. The van der Waals surface area contributed by atoms with Gasteiger partial charge >= 0.3 is 0 Å². The fourth-order valence-electron chi connectivity index (χ4n) is 2.14. The maximum Gasteiger partial charge on any atom is 0.144 e. The van der Waals surface area contributed by atoms with E-state index in [1.165, 1.54) is 0 Å². The molecule has 0 atom stereocenters. The van der Waals surface area contributed by atoms with Crippen LogP contribution in [0.2, 0.25) is 0 Å². The van der Waals surface area contributed by atoms with Crippen LogP contribution in [0.3, 0.4) is 0 Å². The van der Waals surface area contributed by atoms with Crippen LogP contribution in [0.1, 0.15) is 30.7 Å². The highest BCUT2D eigenvalue weighted by molar-refractivity contribution is 5.56. The zero-order valence-corrected chi connectivity index (χ0v) is 12.9. The van der Waals surface area contributed by atoms with Crippen molar-refractivity contribution in [1.29, 1.82) is 5.26 Å². The number of methoxy groups -OCH3 is 1. The molecular weight excluding hydrogens is 252 g/mol. The van der Waals surface area contributed by atoms with E-state index in [2.05, 4.69) is 35.1 Å².